The molecule has 2 N–H and O–H groups in total. The third-order valence-electron chi connectivity index (χ3n) is 6.91. The summed E-state index contributed by atoms with van der Waals surface area (Å²) in [5.74, 6) is 0.381. The number of halogens is 3. The van der Waals surface area contributed by atoms with Crippen molar-refractivity contribution in [1.29, 1.82) is 0 Å². The van der Waals surface area contributed by atoms with Gasteiger partial charge in [0.15, 0.2) is 0 Å². The molecule has 6 heteroatoms. The predicted molar refractivity (Wildman–Crippen MR) is 98.3 cm³/mol. The predicted octanol–water partition coefficient (Wildman–Crippen LogP) is 5.70. The highest BCUT2D eigenvalue weighted by Gasteiger charge is 2.54. The fraction of sp³-hybridized carbons (Fsp3) is 0.409. The number of fused-ring (bicyclic) bond motifs is 7. The van der Waals surface area contributed by atoms with Crippen LogP contribution in [0.1, 0.15) is 58.3 Å². The number of hydrogen-bond acceptors (Lipinski definition) is 2. The number of benzene rings is 2. The summed E-state index contributed by atoms with van der Waals surface area (Å²) < 4.78 is 39.7. The van der Waals surface area contributed by atoms with Gasteiger partial charge >= 0.3 is 12.1 Å². The monoisotopic (exact) mass is 387 g/mol. The molecule has 28 heavy (non-hydrogen) atoms. The minimum atomic E-state index is -4.37. The number of anilines is 1. The largest absolute Gasteiger partial charge is 0.478 e. The molecule has 0 aromatic heterocycles. The van der Waals surface area contributed by atoms with Crippen molar-refractivity contribution in [2.24, 2.45) is 17.8 Å². The average molecular weight is 387 g/mol. The molecule has 2 bridgehead atoms. The zero-order valence-electron chi connectivity index (χ0n) is 15.0. The maximum Gasteiger partial charge on any atom is 0.416 e. The highest BCUT2D eigenvalue weighted by molar-refractivity contribution is 5.88. The van der Waals surface area contributed by atoms with Crippen molar-refractivity contribution in [3.05, 3.63) is 64.7 Å². The Balaban J connectivity index is 1.61. The highest BCUT2D eigenvalue weighted by atomic mass is 19.4. The molecule has 3 nitrogen and oxygen atoms in total. The number of hydrogen-bond donors (Lipinski definition) is 2. The smallest absolute Gasteiger partial charge is 0.416 e. The van der Waals surface area contributed by atoms with Crippen molar-refractivity contribution in [1.82, 2.24) is 0 Å². The van der Waals surface area contributed by atoms with Crippen molar-refractivity contribution >= 4 is 11.7 Å². The van der Waals surface area contributed by atoms with E-state index in [4.69, 9.17) is 0 Å². The Morgan fingerprint density at radius 2 is 1.86 bits per heavy atom. The van der Waals surface area contributed by atoms with Crippen molar-refractivity contribution in [2.75, 3.05) is 5.32 Å². The van der Waals surface area contributed by atoms with Gasteiger partial charge in [-0.15, -0.1) is 0 Å². The Hall–Kier alpha value is -2.50. The van der Waals surface area contributed by atoms with E-state index in [0.29, 0.717) is 17.4 Å². The molecule has 2 aromatic rings. The number of aromatic carboxylic acids is 1. The summed E-state index contributed by atoms with van der Waals surface area (Å²) in [5.41, 5.74) is 2.16. The molecule has 2 aromatic carbocycles. The third kappa shape index (κ3) is 2.61. The lowest BCUT2D eigenvalue weighted by Gasteiger charge is -2.43. The number of alkyl halides is 3. The lowest BCUT2D eigenvalue weighted by Crippen LogP contribution is -2.35. The topological polar surface area (TPSA) is 49.3 Å². The molecule has 0 spiro atoms. The Kier molecular flexibility index (Phi) is 3.77. The number of rotatable bonds is 2. The molecule has 2 aliphatic carbocycles. The van der Waals surface area contributed by atoms with Gasteiger partial charge in [-0.3, -0.25) is 0 Å². The van der Waals surface area contributed by atoms with Crippen LogP contribution >= 0.6 is 0 Å². The molecule has 2 saturated carbocycles. The van der Waals surface area contributed by atoms with Crippen LogP contribution in [0.5, 0.6) is 0 Å². The lowest BCUT2D eigenvalue weighted by atomic mass is 9.68. The number of carboxylic acid groups (broad SMARTS) is 1. The van der Waals surface area contributed by atoms with Gasteiger partial charge in [0.25, 0.3) is 0 Å². The van der Waals surface area contributed by atoms with Gasteiger partial charge in [0.05, 0.1) is 17.2 Å². The van der Waals surface area contributed by atoms with E-state index < -0.39 is 17.7 Å². The summed E-state index contributed by atoms with van der Waals surface area (Å²) in [5, 5.41) is 12.8. The summed E-state index contributed by atoms with van der Waals surface area (Å²) in [6.45, 7) is 0. The molecule has 2 fully saturated rings. The second-order valence-corrected chi connectivity index (χ2v) is 8.29. The van der Waals surface area contributed by atoms with E-state index in [-0.39, 0.29) is 23.4 Å². The molecule has 0 saturated heterocycles. The van der Waals surface area contributed by atoms with E-state index in [1.165, 1.54) is 12.1 Å². The molecule has 146 valence electrons. The van der Waals surface area contributed by atoms with Gasteiger partial charge in [-0.25, -0.2) is 4.79 Å². The average Bonchev–Trinajstić information content (AvgIpc) is 3.29. The van der Waals surface area contributed by atoms with Crippen LogP contribution in [0.25, 0.3) is 0 Å². The molecular formula is C22H20F3NO2. The summed E-state index contributed by atoms with van der Waals surface area (Å²) in [4.78, 5) is 11.4. The summed E-state index contributed by atoms with van der Waals surface area (Å²) in [6, 6.07) is 10.5. The van der Waals surface area contributed by atoms with Crippen LogP contribution in [0.3, 0.4) is 0 Å². The van der Waals surface area contributed by atoms with Crippen molar-refractivity contribution in [2.45, 2.75) is 37.4 Å². The molecular weight excluding hydrogens is 367 g/mol. The maximum absolute atomic E-state index is 13.2. The summed E-state index contributed by atoms with van der Waals surface area (Å²) in [6.07, 6.45) is -1.09. The van der Waals surface area contributed by atoms with Gasteiger partial charge in [-0.05, 0) is 84.4 Å². The van der Waals surface area contributed by atoms with Crippen molar-refractivity contribution < 1.29 is 23.1 Å². The first-order chi connectivity index (χ1) is 13.3. The van der Waals surface area contributed by atoms with Crippen LogP contribution in [-0.4, -0.2) is 11.1 Å². The summed E-state index contributed by atoms with van der Waals surface area (Å²) >= 11 is 0. The maximum atomic E-state index is 13.2. The van der Waals surface area contributed by atoms with Gasteiger partial charge in [-0.2, -0.15) is 13.2 Å². The molecule has 0 radical (unpaired) electrons. The molecule has 3 aliphatic rings. The molecule has 0 unspecified atom stereocenters. The van der Waals surface area contributed by atoms with Crippen LogP contribution in [0.2, 0.25) is 0 Å². The Morgan fingerprint density at radius 1 is 1.07 bits per heavy atom. The van der Waals surface area contributed by atoms with Gasteiger partial charge in [0.1, 0.15) is 0 Å². The normalized spacial score (nSPS) is 30.5. The summed E-state index contributed by atoms with van der Waals surface area (Å²) in [7, 11) is 0. The van der Waals surface area contributed by atoms with Gasteiger partial charge < -0.3 is 10.4 Å². The van der Waals surface area contributed by atoms with Crippen LogP contribution in [-0.2, 0) is 6.18 Å². The lowest BCUT2D eigenvalue weighted by molar-refractivity contribution is -0.137. The third-order valence-corrected chi connectivity index (χ3v) is 6.91. The second kappa shape index (κ2) is 6.00. The Morgan fingerprint density at radius 3 is 2.61 bits per heavy atom. The fourth-order valence-corrected chi connectivity index (χ4v) is 5.86. The Bertz CT molecular complexity index is 955. The molecule has 0 amide bonds. The van der Waals surface area contributed by atoms with Gasteiger partial charge in [0.2, 0.25) is 0 Å². The molecule has 5 rings (SSSR count). The first-order valence-electron chi connectivity index (χ1n) is 9.64. The molecule has 5 atom stereocenters. The first-order valence-corrected chi connectivity index (χ1v) is 9.64. The fourth-order valence-electron chi connectivity index (χ4n) is 5.86. The minimum Gasteiger partial charge on any atom is -0.478 e. The minimum absolute atomic E-state index is 0.189. The van der Waals surface area contributed by atoms with Crippen molar-refractivity contribution in [3.63, 3.8) is 0 Å². The zero-order valence-corrected chi connectivity index (χ0v) is 15.0. The van der Waals surface area contributed by atoms with Crippen LogP contribution in [0.4, 0.5) is 18.9 Å². The van der Waals surface area contributed by atoms with E-state index >= 15 is 0 Å². The number of nitrogens with one attached hydrogen (secondary N) is 1. The van der Waals surface area contributed by atoms with Crippen molar-refractivity contribution in [3.8, 4) is 0 Å². The van der Waals surface area contributed by atoms with Gasteiger partial charge in [0, 0.05) is 5.69 Å². The SMILES string of the molecule is O=C(O)c1ccc2c(c1)[C@H]1[C@H]3CC[C@@H](C3)[C@@H]1[C@@H](c1cccc(C(F)(F)F)c1)N2. The first kappa shape index (κ1) is 17.6. The van der Waals surface area contributed by atoms with Gasteiger partial charge in [-0.1, -0.05) is 12.1 Å². The van der Waals surface area contributed by atoms with E-state index in [9.17, 15) is 23.1 Å². The number of carboxylic acids is 1. The van der Waals surface area contributed by atoms with E-state index in [2.05, 4.69) is 5.32 Å². The number of carbonyl (C=O) groups is 1. The Labute approximate surface area is 160 Å². The van der Waals surface area contributed by atoms with E-state index in [1.807, 2.05) is 0 Å². The van der Waals surface area contributed by atoms with Crippen LogP contribution < -0.4 is 5.32 Å². The van der Waals surface area contributed by atoms with E-state index in [1.54, 1.807) is 24.3 Å². The highest BCUT2D eigenvalue weighted by Crippen LogP contribution is 2.63. The standard InChI is InChI=1S/C22H20F3NO2/c23-22(24,25)15-3-1-2-13(9-15)20-19-12-5-4-11(8-12)18(19)16-10-14(21(27)28)6-7-17(16)26-20/h1-3,6-7,9-12,18-20,26H,4-5,8H2,(H,27,28)/t11-,12-,18+,19-,20+/m0/s1. The zero-order chi connectivity index (χ0) is 19.6. The molecule has 1 aliphatic heterocycles. The van der Waals surface area contributed by atoms with Crippen LogP contribution in [0, 0.1) is 17.8 Å². The quantitative estimate of drug-likeness (QED) is 0.695. The second-order valence-electron chi connectivity index (χ2n) is 8.29. The molecule has 1 heterocycles. The van der Waals surface area contributed by atoms with Crippen LogP contribution in [0.15, 0.2) is 42.5 Å². The van der Waals surface area contributed by atoms with E-state index in [0.717, 1.165) is 36.6 Å².